The van der Waals surface area contributed by atoms with Gasteiger partial charge >= 0.3 is 0 Å². The van der Waals surface area contributed by atoms with Crippen LogP contribution in [-0.4, -0.2) is 47.8 Å². The average Bonchev–Trinajstić information content (AvgIpc) is 3.31. The number of hydrogen-bond donors (Lipinski definition) is 1. The maximum Gasteiger partial charge on any atom is 0.180 e. The molecular formula is C23H23N5O2. The van der Waals surface area contributed by atoms with E-state index >= 15 is 0 Å². The Hall–Kier alpha value is -3.58. The number of morpholine rings is 1. The van der Waals surface area contributed by atoms with Crippen molar-refractivity contribution in [3.05, 3.63) is 67.1 Å². The molecule has 7 nitrogen and oxygen atoms in total. The van der Waals surface area contributed by atoms with Crippen molar-refractivity contribution in [2.75, 3.05) is 43.6 Å². The van der Waals surface area contributed by atoms with Gasteiger partial charge in [0.25, 0.3) is 0 Å². The Kier molecular flexibility index (Phi) is 4.94. The number of fused-ring (bicyclic) bond motifs is 1. The van der Waals surface area contributed by atoms with Gasteiger partial charge in [0.1, 0.15) is 5.75 Å². The van der Waals surface area contributed by atoms with Crippen LogP contribution < -0.4 is 15.0 Å². The van der Waals surface area contributed by atoms with Crippen molar-refractivity contribution < 1.29 is 9.47 Å². The number of ether oxygens (including phenoxy) is 2. The summed E-state index contributed by atoms with van der Waals surface area (Å²) in [5.74, 6) is 1.51. The van der Waals surface area contributed by atoms with E-state index in [-0.39, 0.29) is 0 Å². The normalized spacial score (nSPS) is 14.1. The summed E-state index contributed by atoms with van der Waals surface area (Å²) in [5, 5.41) is 3.40. The van der Waals surface area contributed by atoms with Crippen LogP contribution in [0.4, 0.5) is 17.2 Å². The van der Waals surface area contributed by atoms with Gasteiger partial charge in [-0.05, 0) is 36.4 Å². The number of aromatic nitrogens is 3. The molecule has 0 radical (unpaired) electrons. The molecule has 0 atom stereocenters. The van der Waals surface area contributed by atoms with E-state index in [9.17, 15) is 0 Å². The van der Waals surface area contributed by atoms with E-state index in [0.29, 0.717) is 5.82 Å². The van der Waals surface area contributed by atoms with Crippen LogP contribution in [0.5, 0.6) is 5.75 Å². The Labute approximate surface area is 174 Å². The SMILES string of the molecule is COc1ccccc1-c1cnc(Nc2ccc(N3CCOCC3)cc2)c2nccn12. The van der Waals surface area contributed by atoms with Crippen LogP contribution in [0.15, 0.2) is 67.1 Å². The maximum absolute atomic E-state index is 5.52. The van der Waals surface area contributed by atoms with Gasteiger partial charge in [0.05, 0.1) is 32.2 Å². The Morgan fingerprint density at radius 3 is 2.60 bits per heavy atom. The molecule has 0 saturated carbocycles. The number of nitrogens with zero attached hydrogens (tertiary/aromatic N) is 4. The van der Waals surface area contributed by atoms with Crippen molar-refractivity contribution in [3.8, 4) is 17.0 Å². The molecule has 0 unspecified atom stereocenters. The third kappa shape index (κ3) is 3.44. The highest BCUT2D eigenvalue weighted by atomic mass is 16.5. The summed E-state index contributed by atoms with van der Waals surface area (Å²) in [4.78, 5) is 11.5. The highest BCUT2D eigenvalue weighted by molar-refractivity contribution is 5.76. The molecule has 7 heteroatoms. The monoisotopic (exact) mass is 401 g/mol. The zero-order chi connectivity index (χ0) is 20.3. The van der Waals surface area contributed by atoms with E-state index in [0.717, 1.165) is 54.6 Å². The molecule has 0 bridgehead atoms. The third-order valence-electron chi connectivity index (χ3n) is 5.32. The molecule has 1 N–H and O–H groups in total. The minimum absolute atomic E-state index is 0.706. The zero-order valence-corrected chi connectivity index (χ0v) is 16.8. The molecule has 2 aromatic carbocycles. The number of methoxy groups -OCH3 is 1. The summed E-state index contributed by atoms with van der Waals surface area (Å²) in [6.45, 7) is 3.40. The number of imidazole rings is 1. The number of nitrogens with one attached hydrogen (secondary N) is 1. The molecule has 1 aliphatic heterocycles. The van der Waals surface area contributed by atoms with E-state index in [2.05, 4.69) is 44.5 Å². The molecule has 5 rings (SSSR count). The number of rotatable bonds is 5. The number of anilines is 3. The molecule has 152 valence electrons. The van der Waals surface area contributed by atoms with Gasteiger partial charge in [-0.25, -0.2) is 9.97 Å². The fourth-order valence-electron chi connectivity index (χ4n) is 3.78. The fraction of sp³-hybridized carbons (Fsp3) is 0.217. The van der Waals surface area contributed by atoms with Gasteiger partial charge in [0, 0.05) is 42.4 Å². The predicted molar refractivity (Wildman–Crippen MR) is 118 cm³/mol. The Morgan fingerprint density at radius 1 is 1.00 bits per heavy atom. The Balaban J connectivity index is 1.44. The van der Waals surface area contributed by atoms with Crippen LogP contribution in [0.1, 0.15) is 0 Å². The highest BCUT2D eigenvalue weighted by Crippen LogP contribution is 2.31. The summed E-state index contributed by atoms with van der Waals surface area (Å²) in [5.41, 5.74) is 4.82. The molecule has 4 aromatic rings. The lowest BCUT2D eigenvalue weighted by atomic mass is 10.1. The van der Waals surface area contributed by atoms with Gasteiger partial charge < -0.3 is 19.7 Å². The lowest BCUT2D eigenvalue weighted by Gasteiger charge is -2.28. The van der Waals surface area contributed by atoms with E-state index in [1.165, 1.54) is 5.69 Å². The van der Waals surface area contributed by atoms with Gasteiger partial charge in [0.2, 0.25) is 0 Å². The fourth-order valence-corrected chi connectivity index (χ4v) is 3.78. The Morgan fingerprint density at radius 2 is 1.80 bits per heavy atom. The van der Waals surface area contributed by atoms with Crippen LogP contribution >= 0.6 is 0 Å². The largest absolute Gasteiger partial charge is 0.496 e. The zero-order valence-electron chi connectivity index (χ0n) is 16.8. The molecule has 0 spiro atoms. The quantitative estimate of drug-likeness (QED) is 0.546. The first-order chi connectivity index (χ1) is 14.8. The second kappa shape index (κ2) is 8.04. The van der Waals surface area contributed by atoms with Crippen LogP contribution in [0.3, 0.4) is 0 Å². The van der Waals surface area contributed by atoms with Gasteiger partial charge in [0.15, 0.2) is 11.5 Å². The first-order valence-electron chi connectivity index (χ1n) is 9.99. The van der Waals surface area contributed by atoms with Gasteiger partial charge in [-0.1, -0.05) is 12.1 Å². The van der Waals surface area contributed by atoms with Crippen LogP contribution in [0.25, 0.3) is 16.9 Å². The molecule has 1 aliphatic rings. The first-order valence-corrected chi connectivity index (χ1v) is 9.99. The minimum atomic E-state index is 0.706. The molecule has 30 heavy (non-hydrogen) atoms. The van der Waals surface area contributed by atoms with E-state index < -0.39 is 0 Å². The molecule has 3 heterocycles. The number of benzene rings is 2. The van der Waals surface area contributed by atoms with Crippen LogP contribution in [-0.2, 0) is 4.74 Å². The molecule has 0 aliphatic carbocycles. The highest BCUT2D eigenvalue weighted by Gasteiger charge is 2.14. The Bertz CT molecular complexity index is 1150. The van der Waals surface area contributed by atoms with Crippen molar-refractivity contribution in [1.29, 1.82) is 0 Å². The summed E-state index contributed by atoms with van der Waals surface area (Å²) in [6, 6.07) is 16.3. The second-order valence-corrected chi connectivity index (χ2v) is 7.08. The third-order valence-corrected chi connectivity index (χ3v) is 5.32. The molecule has 1 fully saturated rings. The smallest absolute Gasteiger partial charge is 0.180 e. The van der Waals surface area contributed by atoms with E-state index in [1.54, 1.807) is 13.3 Å². The second-order valence-electron chi connectivity index (χ2n) is 7.08. The standard InChI is InChI=1S/C23H23N5O2/c1-29-21-5-3-2-4-19(21)20-16-25-22(23-24-10-11-28(20)23)26-17-6-8-18(9-7-17)27-12-14-30-15-13-27/h2-11,16H,12-15H2,1H3,(H,25,26). The van der Waals surface area contributed by atoms with Crippen LogP contribution in [0.2, 0.25) is 0 Å². The molecule has 1 saturated heterocycles. The van der Waals surface area contributed by atoms with Crippen molar-refractivity contribution in [3.63, 3.8) is 0 Å². The van der Waals surface area contributed by atoms with Gasteiger partial charge in [-0.15, -0.1) is 0 Å². The van der Waals surface area contributed by atoms with E-state index in [1.807, 2.05) is 41.1 Å². The van der Waals surface area contributed by atoms with E-state index in [4.69, 9.17) is 9.47 Å². The summed E-state index contributed by atoms with van der Waals surface area (Å²) < 4.78 is 13.0. The number of hydrogen-bond acceptors (Lipinski definition) is 6. The van der Waals surface area contributed by atoms with Crippen molar-refractivity contribution >= 4 is 22.8 Å². The lowest BCUT2D eigenvalue weighted by molar-refractivity contribution is 0.122. The number of para-hydroxylation sites is 1. The first kappa shape index (κ1) is 18.4. The minimum Gasteiger partial charge on any atom is -0.496 e. The maximum atomic E-state index is 5.52. The van der Waals surface area contributed by atoms with Crippen molar-refractivity contribution in [2.45, 2.75) is 0 Å². The summed E-state index contributed by atoms with van der Waals surface area (Å²) >= 11 is 0. The van der Waals surface area contributed by atoms with Gasteiger partial charge in [-0.3, -0.25) is 4.40 Å². The summed E-state index contributed by atoms with van der Waals surface area (Å²) in [7, 11) is 1.67. The molecule has 2 aromatic heterocycles. The van der Waals surface area contributed by atoms with Crippen LogP contribution in [0, 0.1) is 0 Å². The molecular weight excluding hydrogens is 378 g/mol. The van der Waals surface area contributed by atoms with Crippen molar-refractivity contribution in [1.82, 2.24) is 14.4 Å². The lowest BCUT2D eigenvalue weighted by Crippen LogP contribution is -2.36. The van der Waals surface area contributed by atoms with Gasteiger partial charge in [-0.2, -0.15) is 0 Å². The van der Waals surface area contributed by atoms with Crippen molar-refractivity contribution in [2.24, 2.45) is 0 Å². The average molecular weight is 401 g/mol. The topological polar surface area (TPSA) is 63.9 Å². The molecule has 0 amide bonds. The predicted octanol–water partition coefficient (Wildman–Crippen LogP) is 3.99. The summed E-state index contributed by atoms with van der Waals surface area (Å²) in [6.07, 6.45) is 5.56.